The lowest BCUT2D eigenvalue weighted by atomic mass is 9.74. The zero-order valence-corrected chi connectivity index (χ0v) is 13.8. The highest BCUT2D eigenvalue weighted by Gasteiger charge is 2.52. The van der Waals surface area contributed by atoms with Crippen LogP contribution >= 0.6 is 0 Å². The van der Waals surface area contributed by atoms with Crippen LogP contribution in [0.25, 0.3) is 6.08 Å². The fraction of sp³-hybridized carbons (Fsp3) is 0.588. The van der Waals surface area contributed by atoms with Crippen LogP contribution in [0.5, 0.6) is 0 Å². The van der Waals surface area contributed by atoms with Gasteiger partial charge in [-0.3, -0.25) is 4.98 Å². The average molecular weight is 287 g/mol. The molecule has 1 aliphatic rings. The zero-order chi connectivity index (χ0) is 15.5. The lowest BCUT2D eigenvalue weighted by Crippen LogP contribution is -2.41. The van der Waals surface area contributed by atoms with Crippen molar-refractivity contribution in [3.8, 4) is 0 Å². The maximum absolute atomic E-state index is 6.18. The highest BCUT2D eigenvalue weighted by molar-refractivity contribution is 6.55. The van der Waals surface area contributed by atoms with E-state index in [0.29, 0.717) is 0 Å². The minimum absolute atomic E-state index is 0.274. The summed E-state index contributed by atoms with van der Waals surface area (Å²) in [4.78, 5) is 4.38. The van der Waals surface area contributed by atoms with Crippen molar-refractivity contribution in [1.29, 1.82) is 0 Å². The van der Waals surface area contributed by atoms with Gasteiger partial charge in [0.05, 0.1) is 16.9 Å². The third-order valence-electron chi connectivity index (χ3n) is 4.40. The van der Waals surface area contributed by atoms with Crippen LogP contribution in [-0.2, 0) is 9.31 Å². The first kappa shape index (κ1) is 16.2. The van der Waals surface area contributed by atoms with Gasteiger partial charge in [0.1, 0.15) is 0 Å². The Morgan fingerprint density at radius 1 is 1.19 bits per heavy atom. The molecular formula is C17H26BNO2. The summed E-state index contributed by atoms with van der Waals surface area (Å²) in [6, 6.07) is 5.94. The monoisotopic (exact) mass is 287 g/mol. The molecule has 0 spiro atoms. The van der Waals surface area contributed by atoms with E-state index >= 15 is 0 Å². The Morgan fingerprint density at radius 3 is 2.38 bits per heavy atom. The molecule has 0 radical (unpaired) electrons. The summed E-state index contributed by atoms with van der Waals surface area (Å²) >= 11 is 0. The van der Waals surface area contributed by atoms with E-state index in [1.165, 1.54) is 5.47 Å². The van der Waals surface area contributed by atoms with Crippen LogP contribution in [-0.4, -0.2) is 23.3 Å². The summed E-state index contributed by atoms with van der Waals surface area (Å²) < 4.78 is 12.4. The Kier molecular flexibility index (Phi) is 4.90. The van der Waals surface area contributed by atoms with Crippen molar-refractivity contribution in [2.75, 3.05) is 0 Å². The predicted octanol–water partition coefficient (Wildman–Crippen LogP) is 4.29. The van der Waals surface area contributed by atoms with Gasteiger partial charge in [-0.25, -0.2) is 0 Å². The van der Waals surface area contributed by atoms with Gasteiger partial charge in [-0.2, -0.15) is 0 Å². The zero-order valence-electron chi connectivity index (χ0n) is 13.8. The van der Waals surface area contributed by atoms with Gasteiger partial charge in [0, 0.05) is 6.20 Å². The first-order chi connectivity index (χ1) is 9.86. The molecule has 0 unspecified atom stereocenters. The summed E-state index contributed by atoms with van der Waals surface area (Å²) in [5, 5.41) is 0. The standard InChI is InChI=1S/C17H26BNO2/c1-6-7-10-14(13-15-11-8-9-12-19-15)18-20-16(2,3)17(4,5)21-18/h8-9,11-13H,6-7,10H2,1-5H3/b14-13+. The summed E-state index contributed by atoms with van der Waals surface area (Å²) in [6.45, 7) is 10.6. The second kappa shape index (κ2) is 6.33. The average Bonchev–Trinajstić information content (AvgIpc) is 2.64. The largest absolute Gasteiger partial charge is 0.490 e. The number of rotatable bonds is 5. The third-order valence-corrected chi connectivity index (χ3v) is 4.40. The maximum Gasteiger partial charge on any atom is 0.490 e. The number of nitrogens with zero attached hydrogens (tertiary/aromatic N) is 1. The number of unbranched alkanes of at least 4 members (excludes halogenated alkanes) is 1. The fourth-order valence-corrected chi connectivity index (χ4v) is 2.28. The van der Waals surface area contributed by atoms with E-state index in [0.717, 1.165) is 25.0 Å². The molecule has 1 aliphatic heterocycles. The molecule has 0 aliphatic carbocycles. The number of hydrogen-bond acceptors (Lipinski definition) is 3. The molecule has 1 aromatic rings. The van der Waals surface area contributed by atoms with Crippen LogP contribution in [0.4, 0.5) is 0 Å². The van der Waals surface area contributed by atoms with Crippen LogP contribution in [0.15, 0.2) is 29.9 Å². The number of pyridine rings is 1. The molecule has 0 aromatic carbocycles. The summed E-state index contributed by atoms with van der Waals surface area (Å²) in [5.74, 6) is 0. The van der Waals surface area contributed by atoms with Crippen molar-refractivity contribution < 1.29 is 9.31 Å². The quantitative estimate of drug-likeness (QED) is 0.757. The molecular weight excluding hydrogens is 261 g/mol. The molecule has 0 saturated carbocycles. The van der Waals surface area contributed by atoms with Crippen LogP contribution in [0.2, 0.25) is 0 Å². The first-order valence-electron chi connectivity index (χ1n) is 7.83. The minimum Gasteiger partial charge on any atom is -0.400 e. The second-order valence-electron chi connectivity index (χ2n) is 6.67. The molecule has 1 fully saturated rings. The molecule has 4 heteroatoms. The van der Waals surface area contributed by atoms with E-state index in [9.17, 15) is 0 Å². The Bertz CT molecular complexity index is 481. The van der Waals surface area contributed by atoms with Crippen molar-refractivity contribution >= 4 is 13.2 Å². The lowest BCUT2D eigenvalue weighted by molar-refractivity contribution is 0.00578. The second-order valence-corrected chi connectivity index (χ2v) is 6.67. The molecule has 1 saturated heterocycles. The first-order valence-corrected chi connectivity index (χ1v) is 7.83. The van der Waals surface area contributed by atoms with Crippen LogP contribution < -0.4 is 0 Å². The van der Waals surface area contributed by atoms with Gasteiger partial charge in [-0.15, -0.1) is 0 Å². The van der Waals surface area contributed by atoms with Gasteiger partial charge in [0.15, 0.2) is 0 Å². The van der Waals surface area contributed by atoms with Gasteiger partial charge in [0.25, 0.3) is 0 Å². The summed E-state index contributed by atoms with van der Waals surface area (Å²) in [7, 11) is -0.274. The molecule has 0 bridgehead atoms. The van der Waals surface area contributed by atoms with Gasteiger partial charge >= 0.3 is 7.12 Å². The van der Waals surface area contributed by atoms with Gasteiger partial charge in [-0.05, 0) is 57.8 Å². The van der Waals surface area contributed by atoms with Crippen molar-refractivity contribution in [3.63, 3.8) is 0 Å². The van der Waals surface area contributed by atoms with E-state index in [2.05, 4.69) is 45.7 Å². The summed E-state index contributed by atoms with van der Waals surface area (Å²) in [6.07, 6.45) is 7.18. The smallest absolute Gasteiger partial charge is 0.400 e. The lowest BCUT2D eigenvalue weighted by Gasteiger charge is -2.32. The Morgan fingerprint density at radius 2 is 1.86 bits per heavy atom. The molecule has 0 atom stereocenters. The van der Waals surface area contributed by atoms with Crippen LogP contribution in [0.1, 0.15) is 59.6 Å². The molecule has 21 heavy (non-hydrogen) atoms. The predicted molar refractivity (Wildman–Crippen MR) is 87.8 cm³/mol. The van der Waals surface area contributed by atoms with Crippen LogP contribution in [0.3, 0.4) is 0 Å². The van der Waals surface area contributed by atoms with E-state index in [1.54, 1.807) is 0 Å². The molecule has 0 amide bonds. The van der Waals surface area contributed by atoms with E-state index < -0.39 is 0 Å². The van der Waals surface area contributed by atoms with Crippen molar-refractivity contribution in [3.05, 3.63) is 35.6 Å². The molecule has 0 N–H and O–H groups in total. The topological polar surface area (TPSA) is 31.4 Å². The number of aromatic nitrogens is 1. The fourth-order valence-electron chi connectivity index (χ4n) is 2.28. The maximum atomic E-state index is 6.18. The Balaban J connectivity index is 2.24. The highest BCUT2D eigenvalue weighted by Crippen LogP contribution is 2.39. The van der Waals surface area contributed by atoms with E-state index in [1.807, 2.05) is 24.4 Å². The van der Waals surface area contributed by atoms with Crippen molar-refractivity contribution in [2.45, 2.75) is 65.1 Å². The number of allylic oxidation sites excluding steroid dienone is 1. The van der Waals surface area contributed by atoms with Gasteiger partial charge < -0.3 is 9.31 Å². The van der Waals surface area contributed by atoms with Gasteiger partial charge in [0.2, 0.25) is 0 Å². The molecule has 3 nitrogen and oxygen atoms in total. The molecule has 2 rings (SSSR count). The van der Waals surface area contributed by atoms with Gasteiger partial charge in [-0.1, -0.05) is 25.8 Å². The SMILES string of the molecule is CCCC/C(=C\c1ccccn1)B1OC(C)(C)C(C)(C)O1. The van der Waals surface area contributed by atoms with Crippen molar-refractivity contribution in [2.24, 2.45) is 0 Å². The van der Waals surface area contributed by atoms with E-state index in [4.69, 9.17) is 9.31 Å². The normalized spacial score (nSPS) is 20.8. The van der Waals surface area contributed by atoms with E-state index in [-0.39, 0.29) is 18.3 Å². The summed E-state index contributed by atoms with van der Waals surface area (Å²) in [5.41, 5.74) is 1.53. The number of hydrogen-bond donors (Lipinski definition) is 0. The molecule has 114 valence electrons. The molecule has 2 heterocycles. The third kappa shape index (κ3) is 3.75. The Labute approximate surface area is 128 Å². The molecule has 1 aromatic heterocycles. The minimum atomic E-state index is -0.299. The van der Waals surface area contributed by atoms with Crippen LogP contribution in [0, 0.1) is 0 Å². The van der Waals surface area contributed by atoms with Crippen molar-refractivity contribution in [1.82, 2.24) is 4.98 Å². The Hall–Kier alpha value is -1.13. The highest BCUT2D eigenvalue weighted by atomic mass is 16.7.